The van der Waals surface area contributed by atoms with Gasteiger partial charge in [-0.2, -0.15) is 0 Å². The molecule has 4 rings (SSSR count). The van der Waals surface area contributed by atoms with Crippen LogP contribution >= 0.6 is 47.0 Å². The number of thiocarbonyl (C=S) groups is 1. The summed E-state index contributed by atoms with van der Waals surface area (Å²) in [7, 11) is 0. The van der Waals surface area contributed by atoms with E-state index in [1.165, 1.54) is 6.07 Å². The van der Waals surface area contributed by atoms with Crippen LogP contribution in [0.4, 0.5) is 5.69 Å². The van der Waals surface area contributed by atoms with E-state index in [4.69, 9.17) is 51.8 Å². The van der Waals surface area contributed by atoms with Gasteiger partial charge < -0.3 is 15.0 Å². The van der Waals surface area contributed by atoms with E-state index in [2.05, 4.69) is 20.6 Å². The fraction of sp³-hybridized carbons (Fsp3) is 0.0870. The van der Waals surface area contributed by atoms with E-state index in [1.54, 1.807) is 31.2 Å². The minimum absolute atomic E-state index is 0.0707. The zero-order valence-electron chi connectivity index (χ0n) is 17.2. The first-order chi connectivity index (χ1) is 15.8. The normalized spacial score (nSPS) is 11.8. The molecule has 3 aromatic carbocycles. The third-order valence-electron chi connectivity index (χ3n) is 4.68. The van der Waals surface area contributed by atoms with E-state index in [9.17, 15) is 4.79 Å². The van der Waals surface area contributed by atoms with Crippen molar-refractivity contribution < 1.29 is 9.53 Å². The van der Waals surface area contributed by atoms with E-state index in [0.29, 0.717) is 32.3 Å². The molecule has 0 aliphatic carbocycles. The topological polar surface area (TPSA) is 79.0 Å². The van der Waals surface area contributed by atoms with Crippen molar-refractivity contribution >= 4 is 74.8 Å². The Morgan fingerprint density at radius 3 is 2.61 bits per heavy atom. The number of H-pyrrole nitrogens is 1. The number of carbonyl (C=O) groups excluding carboxylic acids is 1. The fourth-order valence-electron chi connectivity index (χ4n) is 3.04. The van der Waals surface area contributed by atoms with Gasteiger partial charge in [-0.3, -0.25) is 10.1 Å². The van der Waals surface area contributed by atoms with Crippen molar-refractivity contribution in [2.75, 3.05) is 5.32 Å². The number of hydrogen-bond donors (Lipinski definition) is 3. The van der Waals surface area contributed by atoms with Gasteiger partial charge in [-0.25, -0.2) is 4.98 Å². The summed E-state index contributed by atoms with van der Waals surface area (Å²) in [5, 5.41) is 6.82. The molecule has 1 atom stereocenters. The Hall–Kier alpha value is -2.84. The Kier molecular flexibility index (Phi) is 7.05. The number of para-hydroxylation sites is 2. The maximum absolute atomic E-state index is 12.5. The zero-order chi connectivity index (χ0) is 23.5. The smallest absolute Gasteiger partial charge is 0.266 e. The van der Waals surface area contributed by atoms with E-state index in [0.717, 1.165) is 16.6 Å². The number of aromatic nitrogens is 2. The molecular weight excluding hydrogens is 503 g/mol. The van der Waals surface area contributed by atoms with Crippen LogP contribution in [0.1, 0.15) is 6.92 Å². The molecule has 6 nitrogen and oxygen atoms in total. The van der Waals surface area contributed by atoms with Crippen LogP contribution in [-0.2, 0) is 4.79 Å². The summed E-state index contributed by atoms with van der Waals surface area (Å²) in [5.74, 6) is 0.569. The second kappa shape index (κ2) is 9.97. The molecule has 3 N–H and O–H groups in total. The molecule has 168 valence electrons. The predicted molar refractivity (Wildman–Crippen MR) is 137 cm³/mol. The van der Waals surface area contributed by atoms with Gasteiger partial charge in [-0.1, -0.05) is 46.9 Å². The van der Waals surface area contributed by atoms with E-state index in [-0.39, 0.29) is 5.11 Å². The SMILES string of the molecule is CC(Oc1ccc(Cl)cc1Cl)C(=O)NC(=S)Nc1cc(-c2nc3ccccc3[nH]2)ccc1Cl. The molecule has 1 amide bonds. The minimum atomic E-state index is -0.860. The number of rotatable bonds is 5. The Labute approximate surface area is 210 Å². The highest BCUT2D eigenvalue weighted by molar-refractivity contribution is 7.80. The van der Waals surface area contributed by atoms with Gasteiger partial charge in [0.15, 0.2) is 11.2 Å². The first-order valence-electron chi connectivity index (χ1n) is 9.78. The molecule has 1 heterocycles. The van der Waals surface area contributed by atoms with Crippen molar-refractivity contribution in [1.29, 1.82) is 0 Å². The second-order valence-corrected chi connectivity index (χ2v) is 8.73. The first kappa shape index (κ1) is 23.3. The molecule has 0 aliphatic heterocycles. The van der Waals surface area contributed by atoms with E-state index >= 15 is 0 Å². The summed E-state index contributed by atoms with van der Waals surface area (Å²) in [6.07, 6.45) is -0.860. The third-order valence-corrected chi connectivity index (χ3v) is 5.75. The van der Waals surface area contributed by atoms with Gasteiger partial charge in [0.05, 0.1) is 26.8 Å². The standard InChI is InChI=1S/C23H17Cl3N4O2S/c1-12(32-20-9-7-14(24)11-16(20)26)22(31)30-23(33)29-19-10-13(6-8-15(19)25)21-27-17-4-2-3-5-18(17)28-21/h2-12H,1H3,(H,27,28)(H2,29,30,31,33). The summed E-state index contributed by atoms with van der Waals surface area (Å²) in [6.45, 7) is 1.58. The van der Waals surface area contributed by atoms with Crippen molar-refractivity contribution in [2.45, 2.75) is 13.0 Å². The number of aromatic amines is 1. The van der Waals surface area contributed by atoms with Crippen LogP contribution in [0.15, 0.2) is 60.7 Å². The first-order valence-corrected chi connectivity index (χ1v) is 11.3. The van der Waals surface area contributed by atoms with Gasteiger partial charge >= 0.3 is 0 Å². The fourth-order valence-corrected chi connectivity index (χ4v) is 3.87. The number of halogens is 3. The number of amides is 1. The Bertz CT molecular complexity index is 1330. The minimum Gasteiger partial charge on any atom is -0.479 e. The van der Waals surface area contributed by atoms with Crippen molar-refractivity contribution in [3.05, 3.63) is 75.7 Å². The van der Waals surface area contributed by atoms with Crippen LogP contribution in [0.5, 0.6) is 5.75 Å². The van der Waals surface area contributed by atoms with Crippen LogP contribution in [-0.4, -0.2) is 27.1 Å². The van der Waals surface area contributed by atoms with Crippen molar-refractivity contribution in [2.24, 2.45) is 0 Å². The second-order valence-electron chi connectivity index (χ2n) is 7.08. The van der Waals surface area contributed by atoms with Crippen molar-refractivity contribution in [1.82, 2.24) is 15.3 Å². The third kappa shape index (κ3) is 5.57. The largest absolute Gasteiger partial charge is 0.479 e. The van der Waals surface area contributed by atoms with E-state index in [1.807, 2.05) is 30.3 Å². The van der Waals surface area contributed by atoms with Crippen LogP contribution in [0.25, 0.3) is 22.4 Å². The number of benzene rings is 3. The van der Waals surface area contributed by atoms with Crippen LogP contribution in [0, 0.1) is 0 Å². The molecule has 0 saturated heterocycles. The molecule has 0 spiro atoms. The lowest BCUT2D eigenvalue weighted by atomic mass is 10.2. The van der Waals surface area contributed by atoms with Crippen molar-refractivity contribution in [3.8, 4) is 17.1 Å². The van der Waals surface area contributed by atoms with E-state index < -0.39 is 12.0 Å². The number of ether oxygens (including phenoxy) is 1. The summed E-state index contributed by atoms with van der Waals surface area (Å²) < 4.78 is 5.61. The lowest BCUT2D eigenvalue weighted by molar-refractivity contribution is -0.125. The van der Waals surface area contributed by atoms with Gasteiger partial charge in [0.2, 0.25) is 0 Å². The number of anilines is 1. The number of nitrogens with one attached hydrogen (secondary N) is 3. The van der Waals surface area contributed by atoms with Gasteiger partial charge in [0, 0.05) is 10.6 Å². The van der Waals surface area contributed by atoms with Crippen LogP contribution < -0.4 is 15.4 Å². The molecule has 4 aromatic rings. The van der Waals surface area contributed by atoms with Crippen LogP contribution in [0.3, 0.4) is 0 Å². The molecule has 0 saturated carbocycles. The number of fused-ring (bicyclic) bond motifs is 1. The monoisotopic (exact) mass is 518 g/mol. The van der Waals surface area contributed by atoms with Gasteiger partial charge in [0.1, 0.15) is 11.6 Å². The molecule has 10 heteroatoms. The van der Waals surface area contributed by atoms with Gasteiger partial charge in [-0.15, -0.1) is 0 Å². The Balaban J connectivity index is 1.43. The molecule has 0 bridgehead atoms. The maximum atomic E-state index is 12.5. The number of carbonyl (C=O) groups is 1. The van der Waals surface area contributed by atoms with Gasteiger partial charge in [-0.05, 0) is 67.7 Å². The number of imidazole rings is 1. The Morgan fingerprint density at radius 2 is 1.85 bits per heavy atom. The quantitative estimate of drug-likeness (QED) is 0.263. The molecule has 0 radical (unpaired) electrons. The van der Waals surface area contributed by atoms with Crippen LogP contribution in [0.2, 0.25) is 15.1 Å². The molecule has 0 aliphatic rings. The summed E-state index contributed by atoms with van der Waals surface area (Å²) in [5.41, 5.74) is 3.11. The average molecular weight is 520 g/mol. The Morgan fingerprint density at radius 1 is 1.06 bits per heavy atom. The van der Waals surface area contributed by atoms with Gasteiger partial charge in [0.25, 0.3) is 5.91 Å². The highest BCUT2D eigenvalue weighted by atomic mass is 35.5. The average Bonchev–Trinajstić information content (AvgIpc) is 3.21. The molecule has 33 heavy (non-hydrogen) atoms. The summed E-state index contributed by atoms with van der Waals surface area (Å²) in [4.78, 5) is 20.4. The highest BCUT2D eigenvalue weighted by Gasteiger charge is 2.18. The van der Waals surface area contributed by atoms with Crippen molar-refractivity contribution in [3.63, 3.8) is 0 Å². The summed E-state index contributed by atoms with van der Waals surface area (Å²) >= 11 is 23.6. The lowest BCUT2D eigenvalue weighted by Gasteiger charge is -2.17. The zero-order valence-corrected chi connectivity index (χ0v) is 20.2. The maximum Gasteiger partial charge on any atom is 0.266 e. The highest BCUT2D eigenvalue weighted by Crippen LogP contribution is 2.30. The molecule has 1 aromatic heterocycles. The lowest BCUT2D eigenvalue weighted by Crippen LogP contribution is -2.42. The molecular formula is C23H17Cl3N4O2S. The molecule has 1 unspecified atom stereocenters. The number of nitrogens with zero attached hydrogens (tertiary/aromatic N) is 1. The number of hydrogen-bond acceptors (Lipinski definition) is 4. The predicted octanol–water partition coefficient (Wildman–Crippen LogP) is 6.47. The summed E-state index contributed by atoms with van der Waals surface area (Å²) in [6, 6.07) is 17.9. The molecule has 0 fully saturated rings.